The maximum Gasteiger partial charge on any atom is 0.295 e. The van der Waals surface area contributed by atoms with Crippen molar-refractivity contribution in [3.05, 3.63) is 58.7 Å². The summed E-state index contributed by atoms with van der Waals surface area (Å²) in [4.78, 5) is 27.9. The Morgan fingerprint density at radius 1 is 1.08 bits per heavy atom. The molecule has 2 atom stereocenters. The quantitative estimate of drug-likeness (QED) is 0.204. The molecule has 0 radical (unpaired) electrons. The van der Waals surface area contributed by atoms with E-state index >= 15 is 0 Å². The van der Waals surface area contributed by atoms with Gasteiger partial charge >= 0.3 is 0 Å². The van der Waals surface area contributed by atoms with Crippen LogP contribution in [0.15, 0.2) is 42.0 Å². The molecule has 1 saturated heterocycles. The number of unbranched alkanes of at least 4 members (excludes halogenated alkanes) is 1. The molecule has 2 aromatic carbocycles. The van der Waals surface area contributed by atoms with Gasteiger partial charge in [-0.1, -0.05) is 19.4 Å². The molecule has 2 aromatic rings. The van der Waals surface area contributed by atoms with Crippen LogP contribution in [0.1, 0.15) is 56.3 Å². The van der Waals surface area contributed by atoms with Gasteiger partial charge in [-0.3, -0.25) is 9.59 Å². The summed E-state index contributed by atoms with van der Waals surface area (Å²) in [5.74, 6) is 0.263. The normalized spacial score (nSPS) is 20.2. The fourth-order valence-corrected chi connectivity index (χ4v) is 4.78. The number of Topliss-reactive ketones (excluding diaryl/α,β-unsaturated/α-hetero) is 1. The Labute approximate surface area is 217 Å². The number of carbonyl (C=O) groups is 2. The lowest BCUT2D eigenvalue weighted by molar-refractivity contribution is -0.140. The van der Waals surface area contributed by atoms with Crippen molar-refractivity contribution < 1.29 is 33.6 Å². The fraction of sp³-hybridized carbons (Fsp3) is 0.448. The highest BCUT2D eigenvalue weighted by Crippen LogP contribution is 2.42. The van der Waals surface area contributed by atoms with Crippen molar-refractivity contribution in [3.8, 4) is 17.2 Å². The molecule has 198 valence electrons. The first kappa shape index (κ1) is 26.5. The Morgan fingerprint density at radius 3 is 2.62 bits per heavy atom. The van der Waals surface area contributed by atoms with Gasteiger partial charge in [-0.2, -0.15) is 0 Å². The first-order valence-corrected chi connectivity index (χ1v) is 12.9. The van der Waals surface area contributed by atoms with Crippen LogP contribution in [0.25, 0.3) is 5.76 Å². The van der Waals surface area contributed by atoms with E-state index in [0.717, 1.165) is 24.2 Å². The number of rotatable bonds is 11. The van der Waals surface area contributed by atoms with Gasteiger partial charge in [-0.15, -0.1) is 0 Å². The number of fused-ring (bicyclic) bond motifs is 1. The monoisotopic (exact) mass is 509 g/mol. The van der Waals surface area contributed by atoms with Crippen molar-refractivity contribution in [1.82, 2.24) is 4.90 Å². The second-order valence-electron chi connectivity index (χ2n) is 9.28. The molecule has 0 bridgehead atoms. The number of aliphatic hydroxyl groups excluding tert-OH is 1. The summed E-state index contributed by atoms with van der Waals surface area (Å²) in [7, 11) is 1.54. The highest BCUT2D eigenvalue weighted by Gasteiger charge is 2.46. The van der Waals surface area contributed by atoms with E-state index in [2.05, 4.69) is 6.92 Å². The van der Waals surface area contributed by atoms with Crippen LogP contribution in [0.3, 0.4) is 0 Å². The number of methoxy groups -OCH3 is 1. The summed E-state index contributed by atoms with van der Waals surface area (Å²) in [6.45, 7) is 7.37. The highest BCUT2D eigenvalue weighted by molar-refractivity contribution is 6.46. The number of carbonyl (C=O) groups excluding carboxylic acids is 2. The molecule has 1 N–H and O–H groups in total. The second kappa shape index (κ2) is 11.7. The number of ketones is 1. The maximum absolute atomic E-state index is 13.3. The first-order chi connectivity index (χ1) is 17.9. The van der Waals surface area contributed by atoms with Crippen LogP contribution in [-0.2, 0) is 20.7 Å². The standard InChI is InChI=1S/C29H35NO7/c1-5-7-13-36-23-11-8-19(17-24(23)35-6-2)26-25(28(32)29(33)30(26)12-14-34-4)27(31)20-9-10-22-21(16-20)15-18(3)37-22/h8-11,16-18,26,31H,5-7,12-15H2,1-4H3/t18-,26+/m1/s1. The minimum atomic E-state index is -0.803. The number of aliphatic hydroxyl groups is 1. The Kier molecular flexibility index (Phi) is 8.38. The van der Waals surface area contributed by atoms with E-state index in [1.807, 2.05) is 26.0 Å². The van der Waals surface area contributed by atoms with Gasteiger partial charge in [-0.25, -0.2) is 0 Å². The maximum atomic E-state index is 13.3. The number of nitrogens with zero attached hydrogens (tertiary/aromatic N) is 1. The van der Waals surface area contributed by atoms with Crippen molar-refractivity contribution in [2.45, 2.75) is 52.2 Å². The molecule has 0 aliphatic carbocycles. The summed E-state index contributed by atoms with van der Waals surface area (Å²) in [5.41, 5.74) is 2.10. The summed E-state index contributed by atoms with van der Waals surface area (Å²) in [5, 5.41) is 11.4. The predicted octanol–water partition coefficient (Wildman–Crippen LogP) is 4.66. The van der Waals surface area contributed by atoms with E-state index in [1.54, 1.807) is 24.3 Å². The van der Waals surface area contributed by atoms with Crippen LogP contribution in [0.5, 0.6) is 17.2 Å². The zero-order chi connectivity index (χ0) is 26.5. The predicted molar refractivity (Wildman–Crippen MR) is 139 cm³/mol. The van der Waals surface area contributed by atoms with Crippen molar-refractivity contribution in [1.29, 1.82) is 0 Å². The van der Waals surface area contributed by atoms with E-state index < -0.39 is 17.7 Å². The number of likely N-dealkylation sites (tertiary alicyclic amines) is 1. The number of benzene rings is 2. The van der Waals surface area contributed by atoms with E-state index in [0.29, 0.717) is 42.3 Å². The minimum Gasteiger partial charge on any atom is -0.507 e. The zero-order valence-corrected chi connectivity index (χ0v) is 21.9. The Balaban J connectivity index is 1.79. The third kappa shape index (κ3) is 5.44. The molecule has 4 rings (SSSR count). The van der Waals surface area contributed by atoms with Crippen molar-refractivity contribution in [2.24, 2.45) is 0 Å². The Hall–Kier alpha value is -3.52. The van der Waals surface area contributed by atoms with Gasteiger partial charge in [-0.05, 0) is 61.7 Å². The van der Waals surface area contributed by atoms with Crippen LogP contribution >= 0.6 is 0 Å². The molecule has 37 heavy (non-hydrogen) atoms. The van der Waals surface area contributed by atoms with Crippen LogP contribution < -0.4 is 14.2 Å². The number of amides is 1. The van der Waals surface area contributed by atoms with E-state index in [1.165, 1.54) is 12.0 Å². The average molecular weight is 510 g/mol. The van der Waals surface area contributed by atoms with E-state index in [4.69, 9.17) is 18.9 Å². The SMILES string of the molecule is CCCCOc1ccc([C@H]2C(=C(O)c3ccc4c(c3)C[C@@H](C)O4)C(=O)C(=O)N2CCOC)cc1OCC. The fourth-order valence-electron chi connectivity index (χ4n) is 4.78. The van der Waals surface area contributed by atoms with Crippen LogP contribution in [0, 0.1) is 0 Å². The zero-order valence-electron chi connectivity index (χ0n) is 21.9. The summed E-state index contributed by atoms with van der Waals surface area (Å²) < 4.78 is 22.7. The topological polar surface area (TPSA) is 94.5 Å². The molecule has 1 fully saturated rings. The van der Waals surface area contributed by atoms with Crippen LogP contribution in [-0.4, -0.2) is 61.3 Å². The lowest BCUT2D eigenvalue weighted by atomic mass is 9.94. The van der Waals surface area contributed by atoms with Crippen molar-refractivity contribution in [2.75, 3.05) is 33.5 Å². The smallest absolute Gasteiger partial charge is 0.295 e. The van der Waals surface area contributed by atoms with Gasteiger partial charge in [0.05, 0.1) is 31.4 Å². The Bertz CT molecular complexity index is 1190. The van der Waals surface area contributed by atoms with Crippen molar-refractivity contribution in [3.63, 3.8) is 0 Å². The minimum absolute atomic E-state index is 0.0371. The second-order valence-corrected chi connectivity index (χ2v) is 9.28. The van der Waals surface area contributed by atoms with Crippen LogP contribution in [0.4, 0.5) is 0 Å². The molecule has 0 aromatic heterocycles. The lowest BCUT2D eigenvalue weighted by Gasteiger charge is -2.26. The van der Waals surface area contributed by atoms with Gasteiger partial charge in [0, 0.05) is 25.6 Å². The average Bonchev–Trinajstić information content (AvgIpc) is 3.38. The first-order valence-electron chi connectivity index (χ1n) is 12.9. The molecular weight excluding hydrogens is 474 g/mol. The van der Waals surface area contributed by atoms with Gasteiger partial charge in [0.2, 0.25) is 0 Å². The number of ether oxygens (including phenoxy) is 4. The number of hydrogen-bond donors (Lipinski definition) is 1. The molecule has 8 heteroatoms. The van der Waals surface area contributed by atoms with E-state index in [-0.39, 0.29) is 30.6 Å². The number of hydrogen-bond acceptors (Lipinski definition) is 7. The van der Waals surface area contributed by atoms with Gasteiger partial charge in [0.25, 0.3) is 11.7 Å². The molecule has 0 spiro atoms. The molecule has 2 aliphatic heterocycles. The summed E-state index contributed by atoms with van der Waals surface area (Å²) in [6, 6.07) is 9.91. The lowest BCUT2D eigenvalue weighted by Crippen LogP contribution is -2.32. The highest BCUT2D eigenvalue weighted by atomic mass is 16.5. The molecule has 1 amide bonds. The molecule has 2 aliphatic rings. The van der Waals surface area contributed by atoms with Gasteiger partial charge in [0.1, 0.15) is 17.6 Å². The molecular formula is C29H35NO7. The van der Waals surface area contributed by atoms with Crippen molar-refractivity contribution >= 4 is 17.4 Å². The van der Waals surface area contributed by atoms with Gasteiger partial charge in [0.15, 0.2) is 11.5 Å². The molecule has 0 saturated carbocycles. The molecule has 2 heterocycles. The van der Waals surface area contributed by atoms with Crippen LogP contribution in [0.2, 0.25) is 0 Å². The summed E-state index contributed by atoms with van der Waals surface area (Å²) in [6.07, 6.45) is 2.67. The third-order valence-corrected chi connectivity index (χ3v) is 6.58. The summed E-state index contributed by atoms with van der Waals surface area (Å²) >= 11 is 0. The third-order valence-electron chi connectivity index (χ3n) is 6.58. The molecule has 8 nitrogen and oxygen atoms in total. The Morgan fingerprint density at radius 2 is 1.89 bits per heavy atom. The van der Waals surface area contributed by atoms with Gasteiger partial charge < -0.3 is 29.0 Å². The largest absolute Gasteiger partial charge is 0.507 e. The van der Waals surface area contributed by atoms with E-state index in [9.17, 15) is 14.7 Å². The molecule has 0 unspecified atom stereocenters.